The lowest BCUT2D eigenvalue weighted by molar-refractivity contribution is 0.630. The van der Waals surface area contributed by atoms with Crippen LogP contribution < -0.4 is 10.6 Å². The Morgan fingerprint density at radius 3 is 2.63 bits per heavy atom. The molecule has 1 aromatic carbocycles. The molecule has 0 unspecified atom stereocenters. The van der Waals surface area contributed by atoms with Gasteiger partial charge in [-0.25, -0.2) is 4.98 Å². The lowest BCUT2D eigenvalue weighted by Crippen LogP contribution is -2.26. The predicted molar refractivity (Wildman–Crippen MR) is 82.8 cm³/mol. The summed E-state index contributed by atoms with van der Waals surface area (Å²) < 4.78 is 1.02. The van der Waals surface area contributed by atoms with Gasteiger partial charge in [0.1, 0.15) is 5.82 Å². The van der Waals surface area contributed by atoms with Crippen molar-refractivity contribution in [1.82, 2.24) is 9.97 Å². The maximum Gasteiger partial charge on any atom is 0.229 e. The summed E-state index contributed by atoms with van der Waals surface area (Å²) in [4.78, 5) is 8.65. The first-order chi connectivity index (χ1) is 8.92. The molecule has 4 nitrogen and oxygen atoms in total. The Morgan fingerprint density at radius 2 is 1.95 bits per heavy atom. The minimum absolute atomic E-state index is 0.0264. The minimum atomic E-state index is -0.0264. The zero-order valence-corrected chi connectivity index (χ0v) is 12.8. The van der Waals surface area contributed by atoms with E-state index < -0.39 is 0 Å². The van der Waals surface area contributed by atoms with E-state index in [1.807, 2.05) is 30.3 Å². The molecule has 5 heteroatoms. The fourth-order valence-corrected chi connectivity index (χ4v) is 1.97. The number of rotatable bonds is 3. The van der Waals surface area contributed by atoms with Crippen molar-refractivity contribution in [3.8, 4) is 0 Å². The Labute approximate surface area is 121 Å². The number of anilines is 3. The van der Waals surface area contributed by atoms with Crippen LogP contribution >= 0.6 is 15.9 Å². The van der Waals surface area contributed by atoms with Gasteiger partial charge in [0.2, 0.25) is 5.95 Å². The van der Waals surface area contributed by atoms with Crippen molar-refractivity contribution in [2.45, 2.75) is 26.3 Å². The van der Waals surface area contributed by atoms with Gasteiger partial charge in [-0.2, -0.15) is 4.98 Å². The van der Waals surface area contributed by atoms with E-state index in [0.717, 1.165) is 16.0 Å². The molecule has 1 heterocycles. The quantitative estimate of drug-likeness (QED) is 0.890. The van der Waals surface area contributed by atoms with Crippen LogP contribution in [-0.4, -0.2) is 15.5 Å². The molecule has 0 bridgehead atoms. The van der Waals surface area contributed by atoms with E-state index in [9.17, 15) is 0 Å². The molecule has 2 rings (SSSR count). The van der Waals surface area contributed by atoms with Crippen molar-refractivity contribution < 1.29 is 0 Å². The average molecular weight is 321 g/mol. The fourth-order valence-electron chi connectivity index (χ4n) is 1.57. The smallest absolute Gasteiger partial charge is 0.229 e. The Balaban J connectivity index is 2.15. The molecule has 0 amide bonds. The third kappa shape index (κ3) is 4.52. The van der Waals surface area contributed by atoms with Crippen LogP contribution in [-0.2, 0) is 0 Å². The van der Waals surface area contributed by atoms with E-state index in [2.05, 4.69) is 57.3 Å². The van der Waals surface area contributed by atoms with Crippen molar-refractivity contribution in [1.29, 1.82) is 0 Å². The summed E-state index contributed by atoms with van der Waals surface area (Å²) in [6.07, 6.45) is 1.74. The van der Waals surface area contributed by atoms with Gasteiger partial charge >= 0.3 is 0 Å². The lowest BCUT2D eigenvalue weighted by atomic mass is 10.1. The molecule has 0 saturated carbocycles. The Bertz CT molecular complexity index is 563. The Morgan fingerprint density at radius 1 is 1.16 bits per heavy atom. The molecule has 100 valence electrons. The SMILES string of the molecule is CC(C)(C)Nc1ccnc(Nc2cccc(Br)c2)n1. The minimum Gasteiger partial charge on any atom is -0.365 e. The first-order valence-electron chi connectivity index (χ1n) is 6.06. The Hall–Kier alpha value is -1.62. The van der Waals surface area contributed by atoms with Crippen molar-refractivity contribution in [3.63, 3.8) is 0 Å². The molecule has 0 aliphatic carbocycles. The highest BCUT2D eigenvalue weighted by atomic mass is 79.9. The molecule has 2 N–H and O–H groups in total. The third-order valence-corrected chi connectivity index (χ3v) is 2.73. The predicted octanol–water partition coefficient (Wildman–Crippen LogP) is 4.19. The van der Waals surface area contributed by atoms with Crippen LogP contribution in [0.5, 0.6) is 0 Å². The number of benzene rings is 1. The maximum atomic E-state index is 4.43. The second-order valence-electron chi connectivity index (χ2n) is 5.28. The van der Waals surface area contributed by atoms with Gasteiger partial charge in [-0.05, 0) is 45.0 Å². The summed E-state index contributed by atoms with van der Waals surface area (Å²) in [5, 5.41) is 6.50. The van der Waals surface area contributed by atoms with E-state index in [0.29, 0.717) is 5.95 Å². The van der Waals surface area contributed by atoms with Gasteiger partial charge in [0.15, 0.2) is 0 Å². The van der Waals surface area contributed by atoms with Gasteiger partial charge in [0.05, 0.1) is 0 Å². The van der Waals surface area contributed by atoms with Gasteiger partial charge < -0.3 is 10.6 Å². The second kappa shape index (κ2) is 5.57. The van der Waals surface area contributed by atoms with Crippen molar-refractivity contribution >= 4 is 33.4 Å². The van der Waals surface area contributed by atoms with Crippen LogP contribution in [0.15, 0.2) is 41.0 Å². The number of hydrogen-bond acceptors (Lipinski definition) is 4. The standard InChI is InChI=1S/C14H17BrN4/c1-14(2,3)19-12-7-8-16-13(18-12)17-11-6-4-5-10(15)9-11/h4-9H,1-3H3,(H2,16,17,18,19). The molecule has 19 heavy (non-hydrogen) atoms. The number of halogens is 1. The van der Waals surface area contributed by atoms with Crippen LogP contribution in [0.25, 0.3) is 0 Å². The zero-order chi connectivity index (χ0) is 13.9. The number of nitrogens with one attached hydrogen (secondary N) is 2. The molecular formula is C14H17BrN4. The van der Waals surface area contributed by atoms with Gasteiger partial charge in [0.25, 0.3) is 0 Å². The summed E-state index contributed by atoms with van der Waals surface area (Å²) in [7, 11) is 0. The summed E-state index contributed by atoms with van der Waals surface area (Å²) >= 11 is 3.44. The molecule has 0 aliphatic rings. The molecule has 0 radical (unpaired) electrons. The van der Waals surface area contributed by atoms with Crippen LogP contribution in [0.4, 0.5) is 17.5 Å². The topological polar surface area (TPSA) is 49.8 Å². The van der Waals surface area contributed by atoms with E-state index in [-0.39, 0.29) is 5.54 Å². The highest BCUT2D eigenvalue weighted by molar-refractivity contribution is 9.10. The van der Waals surface area contributed by atoms with Crippen LogP contribution in [0.2, 0.25) is 0 Å². The van der Waals surface area contributed by atoms with Gasteiger partial charge in [0, 0.05) is 21.9 Å². The van der Waals surface area contributed by atoms with Gasteiger partial charge in [-0.15, -0.1) is 0 Å². The van der Waals surface area contributed by atoms with Crippen molar-refractivity contribution in [3.05, 3.63) is 41.0 Å². The molecule has 0 saturated heterocycles. The summed E-state index contributed by atoms with van der Waals surface area (Å²) in [5.74, 6) is 1.38. The lowest BCUT2D eigenvalue weighted by Gasteiger charge is -2.21. The van der Waals surface area contributed by atoms with E-state index >= 15 is 0 Å². The summed E-state index contributed by atoms with van der Waals surface area (Å²) in [6.45, 7) is 6.28. The highest BCUT2D eigenvalue weighted by Crippen LogP contribution is 2.19. The largest absolute Gasteiger partial charge is 0.365 e. The van der Waals surface area contributed by atoms with Crippen LogP contribution in [0, 0.1) is 0 Å². The van der Waals surface area contributed by atoms with Crippen molar-refractivity contribution in [2.75, 3.05) is 10.6 Å². The van der Waals surface area contributed by atoms with E-state index in [1.54, 1.807) is 6.20 Å². The first kappa shape index (κ1) is 13.8. The number of aromatic nitrogens is 2. The number of hydrogen-bond donors (Lipinski definition) is 2. The normalized spacial score (nSPS) is 11.2. The molecule has 2 aromatic rings. The Kier molecular flexibility index (Phi) is 4.04. The van der Waals surface area contributed by atoms with Crippen LogP contribution in [0.3, 0.4) is 0 Å². The van der Waals surface area contributed by atoms with E-state index in [4.69, 9.17) is 0 Å². The second-order valence-corrected chi connectivity index (χ2v) is 6.19. The highest BCUT2D eigenvalue weighted by Gasteiger charge is 2.10. The summed E-state index contributed by atoms with van der Waals surface area (Å²) in [6, 6.07) is 9.75. The van der Waals surface area contributed by atoms with Crippen LogP contribution in [0.1, 0.15) is 20.8 Å². The summed E-state index contributed by atoms with van der Waals surface area (Å²) in [5.41, 5.74) is 0.920. The maximum absolute atomic E-state index is 4.43. The molecule has 0 atom stereocenters. The van der Waals surface area contributed by atoms with Gasteiger partial charge in [-0.1, -0.05) is 22.0 Å². The van der Waals surface area contributed by atoms with Crippen molar-refractivity contribution in [2.24, 2.45) is 0 Å². The molecule has 1 aromatic heterocycles. The first-order valence-corrected chi connectivity index (χ1v) is 6.85. The molecule has 0 fully saturated rings. The fraction of sp³-hybridized carbons (Fsp3) is 0.286. The monoisotopic (exact) mass is 320 g/mol. The molecular weight excluding hydrogens is 304 g/mol. The average Bonchev–Trinajstić information content (AvgIpc) is 2.27. The van der Waals surface area contributed by atoms with E-state index in [1.165, 1.54) is 0 Å². The molecule has 0 aliphatic heterocycles. The third-order valence-electron chi connectivity index (χ3n) is 2.24. The zero-order valence-electron chi connectivity index (χ0n) is 11.2. The molecule has 0 spiro atoms. The van der Waals surface area contributed by atoms with Gasteiger partial charge in [-0.3, -0.25) is 0 Å². The number of nitrogens with zero attached hydrogens (tertiary/aromatic N) is 2.